The summed E-state index contributed by atoms with van der Waals surface area (Å²) >= 11 is 0. The molecule has 19 heavy (non-hydrogen) atoms. The van der Waals surface area contributed by atoms with E-state index in [9.17, 15) is 0 Å². The van der Waals surface area contributed by atoms with Crippen LogP contribution in [0.1, 0.15) is 57.8 Å². The van der Waals surface area contributed by atoms with Crippen LogP contribution in [0, 0.1) is 0 Å². The molecule has 1 heterocycles. The topological polar surface area (TPSA) is 21.3 Å². The molecule has 1 aromatic rings. The third-order valence-electron chi connectivity index (χ3n) is 4.48. The molecular weight excluding hydrogens is 234 g/mol. The van der Waals surface area contributed by atoms with Gasteiger partial charge in [0.25, 0.3) is 0 Å². The van der Waals surface area contributed by atoms with Crippen LogP contribution in [-0.4, -0.2) is 18.2 Å². The normalized spacial score (nSPS) is 32.0. The van der Waals surface area contributed by atoms with Gasteiger partial charge in [-0.05, 0) is 44.2 Å². The van der Waals surface area contributed by atoms with Gasteiger partial charge in [-0.3, -0.25) is 0 Å². The highest BCUT2D eigenvalue weighted by atomic mass is 16.5. The van der Waals surface area contributed by atoms with Gasteiger partial charge >= 0.3 is 0 Å². The molecule has 106 valence electrons. The number of hydrogen-bond donors (Lipinski definition) is 1. The van der Waals surface area contributed by atoms with Crippen molar-refractivity contribution in [1.29, 1.82) is 0 Å². The fourth-order valence-electron chi connectivity index (χ4n) is 2.86. The first-order chi connectivity index (χ1) is 9.08. The molecule has 2 nitrogen and oxygen atoms in total. The number of nitrogens with one attached hydrogen (secondary N) is 1. The van der Waals surface area contributed by atoms with E-state index in [1.165, 1.54) is 11.1 Å². The molecule has 0 radical (unpaired) electrons. The van der Waals surface area contributed by atoms with Gasteiger partial charge in [0.05, 0.1) is 6.10 Å². The van der Waals surface area contributed by atoms with Crippen molar-refractivity contribution >= 4 is 0 Å². The standard InChI is InChI=1S/C17H27NO/c1-5-14-7-9-15(10-8-14)16-13(3)18-17(4,6-2)11-12-19-16/h7-10,13,16,18H,5-6,11-12H2,1-4H3. The maximum absolute atomic E-state index is 6.11. The lowest BCUT2D eigenvalue weighted by Gasteiger charge is -2.31. The molecule has 0 saturated carbocycles. The van der Waals surface area contributed by atoms with Crippen molar-refractivity contribution in [3.8, 4) is 0 Å². The summed E-state index contributed by atoms with van der Waals surface area (Å²) < 4.78 is 6.11. The van der Waals surface area contributed by atoms with Crippen LogP contribution < -0.4 is 5.32 Å². The number of aryl methyl sites for hydroxylation is 1. The monoisotopic (exact) mass is 261 g/mol. The molecular formula is C17H27NO. The Morgan fingerprint density at radius 3 is 2.53 bits per heavy atom. The highest BCUT2D eigenvalue weighted by molar-refractivity contribution is 5.25. The Hall–Kier alpha value is -0.860. The fraction of sp³-hybridized carbons (Fsp3) is 0.647. The molecule has 1 fully saturated rings. The number of ether oxygens (including phenoxy) is 1. The quantitative estimate of drug-likeness (QED) is 0.892. The van der Waals surface area contributed by atoms with Crippen LogP contribution in [0.3, 0.4) is 0 Å². The van der Waals surface area contributed by atoms with Crippen LogP contribution in [-0.2, 0) is 11.2 Å². The van der Waals surface area contributed by atoms with Gasteiger partial charge in [0.1, 0.15) is 0 Å². The van der Waals surface area contributed by atoms with Crippen molar-refractivity contribution in [1.82, 2.24) is 5.32 Å². The second kappa shape index (κ2) is 6.06. The molecule has 1 N–H and O–H groups in total. The van der Waals surface area contributed by atoms with E-state index in [0.29, 0.717) is 6.04 Å². The zero-order chi connectivity index (χ0) is 13.9. The van der Waals surface area contributed by atoms with Crippen LogP contribution in [0.15, 0.2) is 24.3 Å². The SMILES string of the molecule is CCc1ccc(C2OCCC(C)(CC)NC2C)cc1. The van der Waals surface area contributed by atoms with E-state index in [1.54, 1.807) is 0 Å². The number of rotatable bonds is 3. The zero-order valence-corrected chi connectivity index (χ0v) is 12.7. The summed E-state index contributed by atoms with van der Waals surface area (Å²) in [5.74, 6) is 0. The Kier molecular flexibility index (Phi) is 4.64. The largest absolute Gasteiger partial charge is 0.372 e. The summed E-state index contributed by atoms with van der Waals surface area (Å²) in [7, 11) is 0. The van der Waals surface area contributed by atoms with E-state index in [0.717, 1.165) is 25.9 Å². The second-order valence-electron chi connectivity index (χ2n) is 5.98. The van der Waals surface area contributed by atoms with Crippen molar-refractivity contribution in [2.45, 2.75) is 64.6 Å². The minimum atomic E-state index is 0.166. The van der Waals surface area contributed by atoms with Gasteiger partial charge < -0.3 is 10.1 Å². The first-order valence-corrected chi connectivity index (χ1v) is 7.56. The maximum Gasteiger partial charge on any atom is 0.0975 e. The van der Waals surface area contributed by atoms with Gasteiger partial charge in [0, 0.05) is 18.2 Å². The predicted octanol–water partition coefficient (Wildman–Crippen LogP) is 3.86. The van der Waals surface area contributed by atoms with Gasteiger partial charge in [-0.2, -0.15) is 0 Å². The van der Waals surface area contributed by atoms with Crippen molar-refractivity contribution in [3.05, 3.63) is 35.4 Å². The van der Waals surface area contributed by atoms with Gasteiger partial charge in [-0.1, -0.05) is 38.1 Å². The second-order valence-corrected chi connectivity index (χ2v) is 5.98. The van der Waals surface area contributed by atoms with E-state index >= 15 is 0 Å². The van der Waals surface area contributed by atoms with Crippen molar-refractivity contribution in [3.63, 3.8) is 0 Å². The lowest BCUT2D eigenvalue weighted by molar-refractivity contribution is 0.0460. The van der Waals surface area contributed by atoms with Crippen LogP contribution >= 0.6 is 0 Å². The summed E-state index contributed by atoms with van der Waals surface area (Å²) in [6, 6.07) is 9.22. The molecule has 1 saturated heterocycles. The molecule has 3 unspecified atom stereocenters. The van der Waals surface area contributed by atoms with Crippen molar-refractivity contribution in [2.24, 2.45) is 0 Å². The molecule has 0 aliphatic carbocycles. The molecule has 0 bridgehead atoms. The van der Waals surface area contributed by atoms with E-state index in [4.69, 9.17) is 4.74 Å². The molecule has 2 heteroatoms. The van der Waals surface area contributed by atoms with Gasteiger partial charge in [-0.15, -0.1) is 0 Å². The highest BCUT2D eigenvalue weighted by Gasteiger charge is 2.32. The summed E-state index contributed by atoms with van der Waals surface area (Å²) in [6.45, 7) is 9.80. The molecule has 0 aromatic heterocycles. The van der Waals surface area contributed by atoms with Crippen LogP contribution in [0.25, 0.3) is 0 Å². The minimum absolute atomic E-state index is 0.166. The fourth-order valence-corrected chi connectivity index (χ4v) is 2.86. The third-order valence-corrected chi connectivity index (χ3v) is 4.48. The smallest absolute Gasteiger partial charge is 0.0975 e. The van der Waals surface area contributed by atoms with Gasteiger partial charge in [0.2, 0.25) is 0 Å². The Morgan fingerprint density at radius 2 is 1.95 bits per heavy atom. The van der Waals surface area contributed by atoms with Crippen LogP contribution in [0.4, 0.5) is 0 Å². The van der Waals surface area contributed by atoms with Crippen LogP contribution in [0.2, 0.25) is 0 Å². The van der Waals surface area contributed by atoms with Crippen LogP contribution in [0.5, 0.6) is 0 Å². The average molecular weight is 261 g/mol. The predicted molar refractivity (Wildman–Crippen MR) is 80.4 cm³/mol. The summed E-state index contributed by atoms with van der Waals surface area (Å²) in [5.41, 5.74) is 2.88. The Labute approximate surface area is 117 Å². The molecule has 1 aromatic carbocycles. The maximum atomic E-state index is 6.11. The van der Waals surface area contributed by atoms with Crippen molar-refractivity contribution in [2.75, 3.05) is 6.61 Å². The number of hydrogen-bond acceptors (Lipinski definition) is 2. The molecule has 1 aliphatic rings. The van der Waals surface area contributed by atoms with E-state index in [-0.39, 0.29) is 11.6 Å². The van der Waals surface area contributed by atoms with Gasteiger partial charge in [0.15, 0.2) is 0 Å². The molecule has 1 aliphatic heterocycles. The summed E-state index contributed by atoms with van der Waals surface area (Å²) in [5, 5.41) is 3.76. The third kappa shape index (κ3) is 3.37. The van der Waals surface area contributed by atoms with E-state index in [1.807, 2.05) is 0 Å². The highest BCUT2D eigenvalue weighted by Crippen LogP contribution is 2.29. The van der Waals surface area contributed by atoms with Crippen molar-refractivity contribution < 1.29 is 4.74 Å². The average Bonchev–Trinajstić information content (AvgIpc) is 2.58. The molecule has 3 atom stereocenters. The Bertz CT molecular complexity index is 400. The Morgan fingerprint density at radius 1 is 1.26 bits per heavy atom. The molecule has 0 amide bonds. The van der Waals surface area contributed by atoms with Gasteiger partial charge in [-0.25, -0.2) is 0 Å². The first kappa shape index (κ1) is 14.5. The lowest BCUT2D eigenvalue weighted by atomic mass is 9.93. The zero-order valence-electron chi connectivity index (χ0n) is 12.7. The minimum Gasteiger partial charge on any atom is -0.372 e. The van der Waals surface area contributed by atoms with E-state index < -0.39 is 0 Å². The molecule has 2 rings (SSSR count). The van der Waals surface area contributed by atoms with E-state index in [2.05, 4.69) is 57.3 Å². The summed E-state index contributed by atoms with van der Waals surface area (Å²) in [4.78, 5) is 0. The lowest BCUT2D eigenvalue weighted by Crippen LogP contribution is -2.47. The molecule has 0 spiro atoms. The first-order valence-electron chi connectivity index (χ1n) is 7.56. The number of benzene rings is 1. The summed E-state index contributed by atoms with van der Waals surface area (Å²) in [6.07, 6.45) is 3.48. The Balaban J connectivity index is 2.15.